The van der Waals surface area contributed by atoms with E-state index >= 15 is 0 Å². The molecule has 4 heteroatoms. The summed E-state index contributed by atoms with van der Waals surface area (Å²) >= 11 is 0. The summed E-state index contributed by atoms with van der Waals surface area (Å²) in [5, 5.41) is 13.1. The molecule has 0 aliphatic rings. The molecule has 0 amide bonds. The monoisotopic (exact) mass is 209 g/mol. The molecule has 0 fully saturated rings. The van der Waals surface area contributed by atoms with Gasteiger partial charge >= 0.3 is 0 Å². The van der Waals surface area contributed by atoms with Gasteiger partial charge in [-0.15, -0.1) is 0 Å². The first kappa shape index (κ1) is 12.1. The number of aromatic nitrogens is 2. The molecule has 0 aromatic carbocycles. The predicted octanol–water partition coefficient (Wildman–Crippen LogP) is 1.12. The molecule has 4 nitrogen and oxygen atoms in total. The molecule has 1 atom stereocenters. The molecule has 84 valence electrons. The third kappa shape index (κ3) is 4.85. The predicted molar refractivity (Wildman–Crippen MR) is 59.3 cm³/mol. The van der Waals surface area contributed by atoms with E-state index in [2.05, 4.69) is 22.2 Å². The van der Waals surface area contributed by atoms with Crippen molar-refractivity contribution in [2.24, 2.45) is 0 Å². The summed E-state index contributed by atoms with van der Waals surface area (Å²) < 4.78 is 0. The standard InChI is InChI=1S/C11H19N3O/c1-3-4-11(2,15)8-12-5-10-6-13-9-14-7-10/h6-7,9,12,15H,3-5,8H2,1-2H3. The first-order valence-corrected chi connectivity index (χ1v) is 5.31. The zero-order chi connectivity index (χ0) is 11.1. The van der Waals surface area contributed by atoms with Gasteiger partial charge in [0.1, 0.15) is 6.33 Å². The zero-order valence-electron chi connectivity index (χ0n) is 9.40. The maximum atomic E-state index is 9.90. The Bertz CT molecular complexity index is 274. The second-order valence-corrected chi connectivity index (χ2v) is 4.10. The average Bonchev–Trinajstić information content (AvgIpc) is 2.19. The van der Waals surface area contributed by atoms with Gasteiger partial charge in [0.2, 0.25) is 0 Å². The van der Waals surface area contributed by atoms with Crippen LogP contribution in [0.2, 0.25) is 0 Å². The summed E-state index contributed by atoms with van der Waals surface area (Å²) in [7, 11) is 0. The van der Waals surface area contributed by atoms with Gasteiger partial charge in [-0.25, -0.2) is 9.97 Å². The lowest BCUT2D eigenvalue weighted by Gasteiger charge is -2.22. The van der Waals surface area contributed by atoms with Crippen LogP contribution in [0.1, 0.15) is 32.3 Å². The highest BCUT2D eigenvalue weighted by molar-refractivity contribution is 5.01. The largest absolute Gasteiger partial charge is 0.389 e. The van der Waals surface area contributed by atoms with Gasteiger partial charge < -0.3 is 10.4 Å². The van der Waals surface area contributed by atoms with Gasteiger partial charge in [0.05, 0.1) is 5.60 Å². The van der Waals surface area contributed by atoms with Gasteiger partial charge in [0.25, 0.3) is 0 Å². The average molecular weight is 209 g/mol. The molecule has 0 saturated carbocycles. The van der Waals surface area contributed by atoms with Gasteiger partial charge in [-0.2, -0.15) is 0 Å². The van der Waals surface area contributed by atoms with Crippen LogP contribution in [0.4, 0.5) is 0 Å². The topological polar surface area (TPSA) is 58.0 Å². The van der Waals surface area contributed by atoms with Crippen molar-refractivity contribution >= 4 is 0 Å². The lowest BCUT2D eigenvalue weighted by molar-refractivity contribution is 0.0498. The Labute approximate surface area is 90.8 Å². The fourth-order valence-electron chi connectivity index (χ4n) is 1.52. The molecule has 0 aliphatic heterocycles. The molecule has 0 radical (unpaired) electrons. The second-order valence-electron chi connectivity index (χ2n) is 4.10. The van der Waals surface area contributed by atoms with Crippen LogP contribution >= 0.6 is 0 Å². The van der Waals surface area contributed by atoms with Crippen LogP contribution in [0.15, 0.2) is 18.7 Å². The molecule has 2 N–H and O–H groups in total. The van der Waals surface area contributed by atoms with Crippen molar-refractivity contribution in [3.8, 4) is 0 Å². The lowest BCUT2D eigenvalue weighted by atomic mass is 10.0. The quantitative estimate of drug-likeness (QED) is 0.737. The van der Waals surface area contributed by atoms with Gasteiger partial charge in [0.15, 0.2) is 0 Å². The fourth-order valence-corrected chi connectivity index (χ4v) is 1.52. The molecule has 0 saturated heterocycles. The number of hydrogen-bond donors (Lipinski definition) is 2. The fraction of sp³-hybridized carbons (Fsp3) is 0.636. The Kier molecular flexibility index (Phi) is 4.65. The van der Waals surface area contributed by atoms with Crippen molar-refractivity contribution in [1.82, 2.24) is 15.3 Å². The normalized spacial score (nSPS) is 14.9. The maximum Gasteiger partial charge on any atom is 0.115 e. The highest BCUT2D eigenvalue weighted by Crippen LogP contribution is 2.10. The summed E-state index contributed by atoms with van der Waals surface area (Å²) in [5.74, 6) is 0. The number of rotatable bonds is 6. The zero-order valence-corrected chi connectivity index (χ0v) is 9.40. The Balaban J connectivity index is 2.27. The third-order valence-corrected chi connectivity index (χ3v) is 2.24. The van der Waals surface area contributed by atoms with E-state index in [4.69, 9.17) is 0 Å². The Morgan fingerprint density at radius 1 is 1.40 bits per heavy atom. The van der Waals surface area contributed by atoms with E-state index in [1.807, 2.05) is 6.92 Å². The minimum atomic E-state index is -0.621. The van der Waals surface area contributed by atoms with Gasteiger partial charge in [-0.05, 0) is 13.3 Å². The molecule has 0 aliphatic carbocycles. The molecule has 1 unspecified atom stereocenters. The van der Waals surface area contributed by atoms with E-state index in [0.29, 0.717) is 13.1 Å². The van der Waals surface area contributed by atoms with Crippen LogP contribution in [0.5, 0.6) is 0 Å². The first-order chi connectivity index (χ1) is 7.14. The second kappa shape index (κ2) is 5.78. The minimum absolute atomic E-state index is 0.593. The van der Waals surface area contributed by atoms with E-state index in [-0.39, 0.29) is 0 Å². The van der Waals surface area contributed by atoms with E-state index in [0.717, 1.165) is 18.4 Å². The Morgan fingerprint density at radius 3 is 2.67 bits per heavy atom. The Morgan fingerprint density at radius 2 is 2.07 bits per heavy atom. The number of nitrogens with one attached hydrogen (secondary N) is 1. The molecule has 0 bridgehead atoms. The van der Waals surface area contributed by atoms with Gasteiger partial charge in [-0.3, -0.25) is 0 Å². The van der Waals surface area contributed by atoms with Crippen molar-refractivity contribution in [2.75, 3.05) is 6.54 Å². The van der Waals surface area contributed by atoms with Crippen LogP contribution in [-0.2, 0) is 6.54 Å². The maximum absolute atomic E-state index is 9.90. The molecule has 1 aromatic heterocycles. The number of aliphatic hydroxyl groups is 1. The van der Waals surface area contributed by atoms with Crippen LogP contribution in [0.3, 0.4) is 0 Å². The van der Waals surface area contributed by atoms with Crippen molar-refractivity contribution in [2.45, 2.75) is 38.8 Å². The van der Waals surface area contributed by atoms with Crippen LogP contribution in [0.25, 0.3) is 0 Å². The number of hydrogen-bond acceptors (Lipinski definition) is 4. The highest BCUT2D eigenvalue weighted by Gasteiger charge is 2.17. The van der Waals surface area contributed by atoms with Crippen LogP contribution < -0.4 is 5.32 Å². The van der Waals surface area contributed by atoms with Gasteiger partial charge in [-0.1, -0.05) is 13.3 Å². The highest BCUT2D eigenvalue weighted by atomic mass is 16.3. The molecular formula is C11H19N3O. The summed E-state index contributed by atoms with van der Waals surface area (Å²) in [6.45, 7) is 5.21. The van der Waals surface area contributed by atoms with E-state index in [1.165, 1.54) is 6.33 Å². The molecule has 15 heavy (non-hydrogen) atoms. The Hall–Kier alpha value is -1.00. The molecule has 0 spiro atoms. The first-order valence-electron chi connectivity index (χ1n) is 5.31. The van der Waals surface area contributed by atoms with E-state index < -0.39 is 5.60 Å². The van der Waals surface area contributed by atoms with Crippen molar-refractivity contribution in [3.63, 3.8) is 0 Å². The summed E-state index contributed by atoms with van der Waals surface area (Å²) in [4.78, 5) is 7.84. The third-order valence-electron chi connectivity index (χ3n) is 2.24. The van der Waals surface area contributed by atoms with Crippen LogP contribution in [-0.4, -0.2) is 27.2 Å². The van der Waals surface area contributed by atoms with E-state index in [9.17, 15) is 5.11 Å². The smallest absolute Gasteiger partial charge is 0.115 e. The van der Waals surface area contributed by atoms with Gasteiger partial charge in [0, 0.05) is 31.0 Å². The molecule has 1 rings (SSSR count). The van der Waals surface area contributed by atoms with Crippen molar-refractivity contribution in [1.29, 1.82) is 0 Å². The molecular weight excluding hydrogens is 190 g/mol. The van der Waals surface area contributed by atoms with Crippen molar-refractivity contribution < 1.29 is 5.11 Å². The lowest BCUT2D eigenvalue weighted by Crippen LogP contribution is -2.37. The molecule has 1 heterocycles. The summed E-state index contributed by atoms with van der Waals surface area (Å²) in [5.41, 5.74) is 0.412. The number of nitrogens with zero attached hydrogens (tertiary/aromatic N) is 2. The molecule has 1 aromatic rings. The summed E-state index contributed by atoms with van der Waals surface area (Å²) in [6.07, 6.45) is 6.86. The summed E-state index contributed by atoms with van der Waals surface area (Å²) in [6, 6.07) is 0. The van der Waals surface area contributed by atoms with E-state index in [1.54, 1.807) is 12.4 Å². The van der Waals surface area contributed by atoms with Crippen LogP contribution in [0, 0.1) is 0 Å². The SMILES string of the molecule is CCCC(C)(O)CNCc1cncnc1. The minimum Gasteiger partial charge on any atom is -0.389 e. The van der Waals surface area contributed by atoms with Crippen molar-refractivity contribution in [3.05, 3.63) is 24.3 Å².